The van der Waals surface area contributed by atoms with E-state index in [0.29, 0.717) is 56.2 Å². The van der Waals surface area contributed by atoms with Crippen molar-refractivity contribution in [2.24, 2.45) is 85.8 Å². The van der Waals surface area contributed by atoms with E-state index in [2.05, 4.69) is 228 Å². The maximum atomic E-state index is 15.4. The third-order valence-corrected chi connectivity index (χ3v) is 17.5. The van der Waals surface area contributed by atoms with Crippen LogP contribution in [0.3, 0.4) is 0 Å². The van der Waals surface area contributed by atoms with E-state index in [1.54, 1.807) is 20.8 Å². The molecule has 0 saturated heterocycles. The molecule has 77 heavy (non-hydrogen) atoms. The molecular weight excluding hydrogens is 953 g/mol. The van der Waals surface area contributed by atoms with E-state index in [9.17, 15) is 13.2 Å². The predicted octanol–water partition coefficient (Wildman–Crippen LogP) is 27.6. The number of hydrogen-bond donors (Lipinski definition) is 0. The third-order valence-electron chi connectivity index (χ3n) is 17.5. The fraction of sp³-hybridized carbons (Fsp3) is 1.00. The standard InChI is InChI=1S/C16H33F.C9H17F.C9H20.C8H18.C7H13F.C7H16.C6H11F.C6H14.C5H12/c1-10(2)14(11(3)4)16(9,17)15(12(5)6)13(7)8;1-8(2)4-6-9(3,10)7-5-8;1-6-8(7-2)9(3,4)5;1-6-7(2)8(3,4)5;1-7(8)5-3-2-4-6-7;1-6(2)7(3,4)5;1-6(7)4-2-3-5-6;1-5-6(2,3)4;1-5(2,3)4/h10-15H,1-9H3;4-7H2,1-3H3;8H,6-7H2,1-5H3;7H,6H2,1-5H3;2-6H2,1H3;6H,1-5H3;2-5H2,1H3;5H2,1-4H3;1-4H3. The van der Waals surface area contributed by atoms with Crippen LogP contribution in [0.2, 0.25) is 0 Å². The van der Waals surface area contributed by atoms with Crippen LogP contribution in [0.4, 0.5) is 17.6 Å². The van der Waals surface area contributed by atoms with Gasteiger partial charge in [-0.2, -0.15) is 0 Å². The Hall–Kier alpha value is -0.280. The van der Waals surface area contributed by atoms with Gasteiger partial charge in [-0.1, -0.05) is 286 Å². The fourth-order valence-corrected chi connectivity index (χ4v) is 10.3. The zero-order chi connectivity index (χ0) is 63.2. The quantitative estimate of drug-likeness (QED) is 0.202. The molecule has 0 nitrogen and oxygen atoms in total. The second-order valence-electron chi connectivity index (χ2n) is 34.3. The molecule has 0 spiro atoms. The summed E-state index contributed by atoms with van der Waals surface area (Å²) in [4.78, 5) is 0. The third kappa shape index (κ3) is 53.5. The first kappa shape index (κ1) is 88.0. The van der Waals surface area contributed by atoms with Crippen molar-refractivity contribution in [2.75, 3.05) is 0 Å². The molecule has 0 bridgehead atoms. The van der Waals surface area contributed by atoms with Gasteiger partial charge in [0, 0.05) is 0 Å². The Balaban J connectivity index is -0.000000189. The van der Waals surface area contributed by atoms with Crippen molar-refractivity contribution in [3.05, 3.63) is 0 Å². The van der Waals surface area contributed by atoms with Gasteiger partial charge in [-0.15, -0.1) is 0 Å². The van der Waals surface area contributed by atoms with Crippen LogP contribution >= 0.6 is 0 Å². The van der Waals surface area contributed by atoms with Crippen molar-refractivity contribution in [1.82, 2.24) is 0 Å². The molecule has 3 saturated carbocycles. The molecule has 4 heteroatoms. The maximum Gasteiger partial charge on any atom is 0.114 e. The molecular formula is C73H154F4. The van der Waals surface area contributed by atoms with E-state index in [4.69, 9.17) is 0 Å². The molecule has 1 unspecified atom stereocenters. The molecule has 3 aliphatic rings. The molecule has 474 valence electrons. The van der Waals surface area contributed by atoms with Crippen molar-refractivity contribution < 1.29 is 17.6 Å². The molecule has 1 atom stereocenters. The highest BCUT2D eigenvalue weighted by molar-refractivity contribution is 4.95. The normalized spacial score (nSPS) is 18.5. The Kier molecular flexibility index (Phi) is 44.9. The molecule has 3 aliphatic carbocycles. The van der Waals surface area contributed by atoms with Gasteiger partial charge >= 0.3 is 0 Å². The first-order chi connectivity index (χ1) is 33.9. The van der Waals surface area contributed by atoms with Gasteiger partial charge in [0.1, 0.15) is 22.7 Å². The highest BCUT2D eigenvalue weighted by Crippen LogP contribution is 2.46. The number of alkyl halides is 4. The molecule has 0 amide bonds. The van der Waals surface area contributed by atoms with Crippen LogP contribution in [0, 0.1) is 85.8 Å². The van der Waals surface area contributed by atoms with E-state index >= 15 is 4.39 Å². The summed E-state index contributed by atoms with van der Waals surface area (Å²) < 4.78 is 54.1. The molecule has 0 heterocycles. The van der Waals surface area contributed by atoms with E-state index in [0.717, 1.165) is 94.8 Å². The molecule has 0 aliphatic heterocycles. The van der Waals surface area contributed by atoms with Crippen LogP contribution in [0.25, 0.3) is 0 Å². The molecule has 0 aromatic carbocycles. The van der Waals surface area contributed by atoms with Crippen molar-refractivity contribution in [1.29, 1.82) is 0 Å². The van der Waals surface area contributed by atoms with Crippen molar-refractivity contribution in [3.63, 3.8) is 0 Å². The minimum atomic E-state index is -1.08. The number of halogens is 4. The summed E-state index contributed by atoms with van der Waals surface area (Å²) in [6.45, 7) is 80.6. The zero-order valence-electron chi connectivity index (χ0n) is 60.7. The predicted molar refractivity (Wildman–Crippen MR) is 350 cm³/mol. The first-order valence-electron chi connectivity index (χ1n) is 32.6. The monoisotopic (exact) mass is 1110 g/mol. The van der Waals surface area contributed by atoms with Gasteiger partial charge < -0.3 is 0 Å². The largest absolute Gasteiger partial charge is 0.244 e. The van der Waals surface area contributed by atoms with Gasteiger partial charge in [0.2, 0.25) is 0 Å². The van der Waals surface area contributed by atoms with Crippen LogP contribution < -0.4 is 0 Å². The summed E-state index contributed by atoms with van der Waals surface area (Å²) in [7, 11) is 0. The highest BCUT2D eigenvalue weighted by Gasteiger charge is 2.46. The summed E-state index contributed by atoms with van der Waals surface area (Å²) in [5.74, 6) is 4.40. The van der Waals surface area contributed by atoms with Gasteiger partial charge in [0.05, 0.1) is 0 Å². The molecule has 0 radical (unpaired) electrons. The number of rotatable bonds is 9. The molecule has 3 rings (SSSR count). The average Bonchev–Trinajstić information content (AvgIpc) is 3.61. The highest BCUT2D eigenvalue weighted by atomic mass is 19.2. The molecule has 0 aromatic rings. The van der Waals surface area contributed by atoms with Crippen LogP contribution in [0.5, 0.6) is 0 Å². The Morgan fingerprint density at radius 3 is 0.701 bits per heavy atom. The summed E-state index contributed by atoms with van der Waals surface area (Å²) in [6, 6.07) is 0. The van der Waals surface area contributed by atoms with Gasteiger partial charge in [-0.3, -0.25) is 0 Å². The average molecular weight is 1110 g/mol. The van der Waals surface area contributed by atoms with Gasteiger partial charge in [-0.25, -0.2) is 17.6 Å². The SMILES string of the molecule is CC(C)(C)C.CC(C)C(C(C)C)C(C)(F)C(C(C)C)C(C)C.CC(C)C(C)(C)C.CC1(C)CCC(C)(F)CC1.CC1(F)CCCC1.CC1(F)CCCCC1.CCC(C)(C)C.CCC(C)C(C)(C)C.CCC(CC)C(C)(C)C. The smallest absolute Gasteiger partial charge is 0.114 e. The van der Waals surface area contributed by atoms with Crippen LogP contribution in [-0.2, 0) is 0 Å². The summed E-state index contributed by atoms with van der Waals surface area (Å²) >= 11 is 0. The van der Waals surface area contributed by atoms with Crippen molar-refractivity contribution in [3.8, 4) is 0 Å². The van der Waals surface area contributed by atoms with E-state index in [1.807, 2.05) is 6.92 Å². The van der Waals surface area contributed by atoms with E-state index < -0.39 is 22.7 Å². The lowest BCUT2D eigenvalue weighted by atomic mass is 9.63. The van der Waals surface area contributed by atoms with E-state index in [1.165, 1.54) is 32.1 Å². The molecule has 0 N–H and O–H groups in total. The Morgan fingerprint density at radius 2 is 0.597 bits per heavy atom. The van der Waals surface area contributed by atoms with Gasteiger partial charge in [0.25, 0.3) is 0 Å². The van der Waals surface area contributed by atoms with Gasteiger partial charge in [-0.05, 0) is 165 Å². The Labute approximate surface area is 489 Å². The Bertz CT molecular complexity index is 1240. The molecule has 3 fully saturated rings. The topological polar surface area (TPSA) is 0 Å². The zero-order valence-corrected chi connectivity index (χ0v) is 60.7. The molecule has 0 aromatic heterocycles. The van der Waals surface area contributed by atoms with Crippen molar-refractivity contribution in [2.45, 2.75) is 388 Å². The van der Waals surface area contributed by atoms with Gasteiger partial charge in [0.15, 0.2) is 0 Å². The van der Waals surface area contributed by atoms with Crippen LogP contribution in [0.1, 0.15) is 365 Å². The lowest BCUT2D eigenvalue weighted by molar-refractivity contribution is -0.0495. The maximum absolute atomic E-state index is 15.4. The second-order valence-corrected chi connectivity index (χ2v) is 34.3. The summed E-state index contributed by atoms with van der Waals surface area (Å²) in [5, 5.41) is 0. The second kappa shape index (κ2) is 39.3. The lowest BCUT2D eigenvalue weighted by Crippen LogP contribution is -2.47. The minimum Gasteiger partial charge on any atom is -0.244 e. The van der Waals surface area contributed by atoms with Crippen molar-refractivity contribution >= 4 is 0 Å². The fourth-order valence-electron chi connectivity index (χ4n) is 10.3. The summed E-state index contributed by atoms with van der Waals surface area (Å²) in [6.07, 6.45) is 17.5. The Morgan fingerprint density at radius 1 is 0.364 bits per heavy atom. The summed E-state index contributed by atoms with van der Waals surface area (Å²) in [5.41, 5.74) is -0.609. The van der Waals surface area contributed by atoms with Crippen LogP contribution in [-0.4, -0.2) is 22.7 Å². The first-order valence-corrected chi connectivity index (χ1v) is 32.6. The number of hydrogen-bond acceptors (Lipinski definition) is 0. The van der Waals surface area contributed by atoms with Crippen LogP contribution in [0.15, 0.2) is 0 Å². The van der Waals surface area contributed by atoms with E-state index in [-0.39, 0.29) is 11.8 Å². The minimum absolute atomic E-state index is 0.136. The lowest BCUT2D eigenvalue weighted by Gasteiger charge is -2.45.